The van der Waals surface area contributed by atoms with Gasteiger partial charge >= 0.3 is 6.18 Å². The SMILES string of the molecule is CCC(N)C(O)(c1ccc(C(C)C)cc1)C(F)(F)F. The topological polar surface area (TPSA) is 46.2 Å². The molecule has 0 saturated carbocycles. The van der Waals surface area contributed by atoms with Gasteiger partial charge in [0.25, 0.3) is 0 Å². The van der Waals surface area contributed by atoms with Crippen molar-refractivity contribution >= 4 is 0 Å². The average Bonchev–Trinajstić information content (AvgIpc) is 2.35. The van der Waals surface area contributed by atoms with Gasteiger partial charge in [0, 0.05) is 6.04 Å². The summed E-state index contributed by atoms with van der Waals surface area (Å²) in [4.78, 5) is 0. The number of aliphatic hydroxyl groups is 1. The molecule has 2 nitrogen and oxygen atoms in total. The van der Waals surface area contributed by atoms with Crippen LogP contribution < -0.4 is 5.73 Å². The lowest BCUT2D eigenvalue weighted by atomic mass is 9.84. The number of rotatable bonds is 4. The molecule has 0 aliphatic carbocycles. The van der Waals surface area contributed by atoms with Gasteiger partial charge in [0.1, 0.15) is 0 Å². The Balaban J connectivity index is 3.27. The zero-order valence-electron chi connectivity index (χ0n) is 11.3. The lowest BCUT2D eigenvalue weighted by Crippen LogP contribution is -2.55. The van der Waals surface area contributed by atoms with E-state index in [2.05, 4.69) is 0 Å². The predicted molar refractivity (Wildman–Crippen MR) is 68.7 cm³/mol. The van der Waals surface area contributed by atoms with Crippen LogP contribution in [0.15, 0.2) is 24.3 Å². The van der Waals surface area contributed by atoms with Gasteiger partial charge in [-0.25, -0.2) is 0 Å². The molecule has 0 heterocycles. The number of nitrogens with two attached hydrogens (primary N) is 1. The third-order valence-electron chi connectivity index (χ3n) is 3.43. The third-order valence-corrected chi connectivity index (χ3v) is 3.43. The summed E-state index contributed by atoms with van der Waals surface area (Å²) in [6.07, 6.45) is -4.77. The molecule has 1 rings (SSSR count). The Labute approximate surface area is 111 Å². The highest BCUT2D eigenvalue weighted by Gasteiger charge is 2.58. The van der Waals surface area contributed by atoms with E-state index in [0.29, 0.717) is 0 Å². The minimum absolute atomic E-state index is 0.0297. The van der Waals surface area contributed by atoms with Crippen LogP contribution in [0.25, 0.3) is 0 Å². The summed E-state index contributed by atoms with van der Waals surface area (Å²) in [5.74, 6) is 0.216. The van der Waals surface area contributed by atoms with E-state index < -0.39 is 17.8 Å². The van der Waals surface area contributed by atoms with E-state index >= 15 is 0 Å². The molecule has 0 saturated heterocycles. The van der Waals surface area contributed by atoms with Crippen LogP contribution in [0.3, 0.4) is 0 Å². The Kier molecular flexibility index (Phi) is 4.63. The fourth-order valence-corrected chi connectivity index (χ4v) is 2.01. The average molecular weight is 275 g/mol. The molecule has 1 aromatic rings. The van der Waals surface area contributed by atoms with E-state index in [9.17, 15) is 18.3 Å². The van der Waals surface area contributed by atoms with Crippen molar-refractivity contribution in [2.45, 2.75) is 50.9 Å². The molecule has 19 heavy (non-hydrogen) atoms. The summed E-state index contributed by atoms with van der Waals surface area (Å²) < 4.78 is 39.5. The smallest absolute Gasteiger partial charge is 0.375 e. The molecule has 2 atom stereocenters. The lowest BCUT2D eigenvalue weighted by Gasteiger charge is -2.35. The predicted octanol–water partition coefficient (Wildman–Crippen LogP) is 3.30. The highest BCUT2D eigenvalue weighted by molar-refractivity contribution is 5.31. The molecule has 0 amide bonds. The van der Waals surface area contributed by atoms with Gasteiger partial charge in [-0.05, 0) is 23.5 Å². The first-order valence-corrected chi connectivity index (χ1v) is 6.29. The van der Waals surface area contributed by atoms with Crippen molar-refractivity contribution in [1.29, 1.82) is 0 Å². The van der Waals surface area contributed by atoms with Crippen LogP contribution in [0.4, 0.5) is 13.2 Å². The largest absolute Gasteiger partial charge is 0.422 e. The van der Waals surface area contributed by atoms with Gasteiger partial charge in [0.2, 0.25) is 5.60 Å². The fraction of sp³-hybridized carbons (Fsp3) is 0.571. The molecule has 0 aliphatic heterocycles. The third kappa shape index (κ3) is 2.92. The summed E-state index contributed by atoms with van der Waals surface area (Å²) in [7, 11) is 0. The first-order chi connectivity index (χ1) is 8.64. The number of benzene rings is 1. The van der Waals surface area contributed by atoms with Crippen LogP contribution in [0.5, 0.6) is 0 Å². The first-order valence-electron chi connectivity index (χ1n) is 6.29. The van der Waals surface area contributed by atoms with Crippen molar-refractivity contribution in [3.63, 3.8) is 0 Å². The van der Waals surface area contributed by atoms with Crippen molar-refractivity contribution < 1.29 is 18.3 Å². The quantitative estimate of drug-likeness (QED) is 0.885. The normalized spacial score (nSPS) is 17.3. The number of halogens is 3. The molecule has 0 radical (unpaired) electrons. The summed E-state index contributed by atoms with van der Waals surface area (Å²) >= 11 is 0. The molecule has 0 fully saturated rings. The molecule has 0 aliphatic rings. The van der Waals surface area contributed by atoms with Crippen LogP contribution in [0, 0.1) is 0 Å². The second kappa shape index (κ2) is 5.51. The molecule has 5 heteroatoms. The van der Waals surface area contributed by atoms with Gasteiger partial charge in [-0.1, -0.05) is 45.0 Å². The van der Waals surface area contributed by atoms with Crippen molar-refractivity contribution in [2.75, 3.05) is 0 Å². The van der Waals surface area contributed by atoms with Crippen LogP contribution in [0.2, 0.25) is 0 Å². The van der Waals surface area contributed by atoms with Crippen molar-refractivity contribution in [1.82, 2.24) is 0 Å². The van der Waals surface area contributed by atoms with Gasteiger partial charge in [0.05, 0.1) is 0 Å². The number of alkyl halides is 3. The minimum atomic E-state index is -4.80. The van der Waals surface area contributed by atoms with Crippen LogP contribution >= 0.6 is 0 Å². The Morgan fingerprint density at radius 1 is 1.16 bits per heavy atom. The fourth-order valence-electron chi connectivity index (χ4n) is 2.01. The van der Waals surface area contributed by atoms with Gasteiger partial charge in [-0.15, -0.1) is 0 Å². The van der Waals surface area contributed by atoms with Gasteiger partial charge in [-0.2, -0.15) is 13.2 Å². The molecular formula is C14H20F3NO. The Bertz CT molecular complexity index is 414. The van der Waals surface area contributed by atoms with E-state index in [1.54, 1.807) is 12.1 Å². The van der Waals surface area contributed by atoms with Gasteiger partial charge < -0.3 is 10.8 Å². The molecule has 0 bridgehead atoms. The van der Waals surface area contributed by atoms with Crippen molar-refractivity contribution in [3.8, 4) is 0 Å². The summed E-state index contributed by atoms with van der Waals surface area (Å²) in [5, 5.41) is 10.1. The maximum absolute atomic E-state index is 13.2. The molecule has 0 spiro atoms. The van der Waals surface area contributed by atoms with E-state index in [1.165, 1.54) is 19.1 Å². The second-order valence-corrected chi connectivity index (χ2v) is 5.06. The van der Waals surface area contributed by atoms with E-state index in [4.69, 9.17) is 5.73 Å². The minimum Gasteiger partial charge on any atom is -0.375 e. The van der Waals surface area contributed by atoms with E-state index in [1.807, 2.05) is 13.8 Å². The molecule has 2 unspecified atom stereocenters. The summed E-state index contributed by atoms with van der Waals surface area (Å²) in [6.45, 7) is 5.41. The zero-order chi connectivity index (χ0) is 14.8. The Hall–Kier alpha value is -1.07. The van der Waals surface area contributed by atoms with Gasteiger partial charge in [0.15, 0.2) is 0 Å². The number of hydrogen-bond donors (Lipinski definition) is 2. The van der Waals surface area contributed by atoms with E-state index in [0.717, 1.165) is 5.56 Å². The first kappa shape index (κ1) is 16.0. The Morgan fingerprint density at radius 2 is 1.63 bits per heavy atom. The lowest BCUT2D eigenvalue weighted by molar-refractivity contribution is -0.274. The highest BCUT2D eigenvalue weighted by atomic mass is 19.4. The second-order valence-electron chi connectivity index (χ2n) is 5.06. The maximum atomic E-state index is 13.2. The van der Waals surface area contributed by atoms with Crippen LogP contribution in [-0.2, 0) is 5.60 Å². The maximum Gasteiger partial charge on any atom is 0.422 e. The molecule has 3 N–H and O–H groups in total. The van der Waals surface area contributed by atoms with Gasteiger partial charge in [-0.3, -0.25) is 0 Å². The molecule has 108 valence electrons. The van der Waals surface area contributed by atoms with Crippen molar-refractivity contribution in [3.05, 3.63) is 35.4 Å². The molecule has 0 aromatic heterocycles. The summed E-state index contributed by atoms with van der Waals surface area (Å²) in [5.41, 5.74) is 3.20. The molecule has 1 aromatic carbocycles. The standard InChI is InChI=1S/C14H20F3NO/c1-4-12(18)13(19,14(15,16)17)11-7-5-10(6-8-11)9(2)3/h5-9,12,19H,4,18H2,1-3H3. The van der Waals surface area contributed by atoms with E-state index in [-0.39, 0.29) is 17.9 Å². The highest BCUT2D eigenvalue weighted by Crippen LogP contribution is 2.42. The summed E-state index contributed by atoms with van der Waals surface area (Å²) in [6, 6.07) is 4.41. The number of hydrogen-bond acceptors (Lipinski definition) is 2. The van der Waals surface area contributed by atoms with Crippen molar-refractivity contribution in [2.24, 2.45) is 5.73 Å². The van der Waals surface area contributed by atoms with Crippen LogP contribution in [-0.4, -0.2) is 17.3 Å². The monoisotopic (exact) mass is 275 g/mol. The van der Waals surface area contributed by atoms with Crippen LogP contribution in [0.1, 0.15) is 44.2 Å². The zero-order valence-corrected chi connectivity index (χ0v) is 11.3. The Morgan fingerprint density at radius 3 is 1.95 bits per heavy atom. The molecular weight excluding hydrogens is 255 g/mol.